The molecular formula is C12H17NO3S. The van der Waals surface area contributed by atoms with Crippen LogP contribution in [0, 0.1) is 0 Å². The maximum atomic E-state index is 11.4. The van der Waals surface area contributed by atoms with Gasteiger partial charge in [-0.15, -0.1) is 11.3 Å². The maximum Gasteiger partial charge on any atom is 0.244 e. The molecular weight excluding hydrogens is 238 g/mol. The van der Waals surface area contributed by atoms with Gasteiger partial charge in [0, 0.05) is 24.1 Å². The van der Waals surface area contributed by atoms with Crippen molar-refractivity contribution in [2.45, 2.75) is 6.42 Å². The van der Waals surface area contributed by atoms with Crippen molar-refractivity contribution >= 4 is 23.3 Å². The predicted molar refractivity (Wildman–Crippen MR) is 68.9 cm³/mol. The van der Waals surface area contributed by atoms with Crippen LogP contribution in [0.1, 0.15) is 11.3 Å². The first-order valence-corrected chi connectivity index (χ1v) is 6.39. The fourth-order valence-electron chi connectivity index (χ4n) is 1.16. The second kappa shape index (κ2) is 8.92. The summed E-state index contributed by atoms with van der Waals surface area (Å²) < 4.78 is 5.07. The monoisotopic (exact) mass is 255 g/mol. The first-order valence-electron chi connectivity index (χ1n) is 5.51. The van der Waals surface area contributed by atoms with Gasteiger partial charge in [0.25, 0.3) is 0 Å². The van der Waals surface area contributed by atoms with Gasteiger partial charge in [0.15, 0.2) is 0 Å². The van der Waals surface area contributed by atoms with Crippen LogP contribution >= 0.6 is 11.3 Å². The van der Waals surface area contributed by atoms with Gasteiger partial charge >= 0.3 is 0 Å². The lowest BCUT2D eigenvalue weighted by molar-refractivity contribution is -0.116. The Balaban J connectivity index is 2.05. The zero-order chi connectivity index (χ0) is 12.3. The van der Waals surface area contributed by atoms with E-state index in [9.17, 15) is 4.79 Å². The molecule has 0 saturated heterocycles. The number of ether oxygens (including phenoxy) is 1. The Labute approximate surface area is 105 Å². The summed E-state index contributed by atoms with van der Waals surface area (Å²) in [4.78, 5) is 12.4. The average molecular weight is 255 g/mol. The highest BCUT2D eigenvalue weighted by molar-refractivity contribution is 7.10. The third kappa shape index (κ3) is 6.88. The van der Waals surface area contributed by atoms with Gasteiger partial charge in [-0.25, -0.2) is 0 Å². The Hall–Kier alpha value is -1.17. The van der Waals surface area contributed by atoms with E-state index in [4.69, 9.17) is 9.84 Å². The van der Waals surface area contributed by atoms with Crippen LogP contribution in [0.15, 0.2) is 23.6 Å². The van der Waals surface area contributed by atoms with Crippen molar-refractivity contribution in [1.29, 1.82) is 0 Å². The van der Waals surface area contributed by atoms with E-state index in [2.05, 4.69) is 5.32 Å². The van der Waals surface area contributed by atoms with Crippen molar-refractivity contribution in [3.63, 3.8) is 0 Å². The molecule has 0 saturated carbocycles. The molecule has 1 aromatic heterocycles. The second-order valence-electron chi connectivity index (χ2n) is 3.33. The highest BCUT2D eigenvalue weighted by Gasteiger charge is 1.95. The van der Waals surface area contributed by atoms with E-state index >= 15 is 0 Å². The van der Waals surface area contributed by atoms with Crippen LogP contribution in [0.2, 0.25) is 0 Å². The van der Waals surface area contributed by atoms with Crippen molar-refractivity contribution in [1.82, 2.24) is 5.32 Å². The molecule has 0 atom stereocenters. The van der Waals surface area contributed by atoms with Crippen LogP contribution in [0.25, 0.3) is 6.08 Å². The number of hydrogen-bond donors (Lipinski definition) is 2. The van der Waals surface area contributed by atoms with E-state index in [0.29, 0.717) is 19.8 Å². The van der Waals surface area contributed by atoms with Gasteiger partial charge in [0.2, 0.25) is 5.91 Å². The third-order valence-corrected chi connectivity index (χ3v) is 2.78. The maximum absolute atomic E-state index is 11.4. The lowest BCUT2D eigenvalue weighted by Gasteiger charge is -2.02. The van der Waals surface area contributed by atoms with Crippen LogP contribution in [0.3, 0.4) is 0 Å². The lowest BCUT2D eigenvalue weighted by atomic mass is 10.4. The first kappa shape index (κ1) is 13.9. The minimum Gasteiger partial charge on any atom is -0.394 e. The Morgan fingerprint density at radius 1 is 1.53 bits per heavy atom. The highest BCUT2D eigenvalue weighted by atomic mass is 32.1. The zero-order valence-corrected chi connectivity index (χ0v) is 10.4. The lowest BCUT2D eigenvalue weighted by Crippen LogP contribution is -2.23. The van der Waals surface area contributed by atoms with Gasteiger partial charge in [-0.2, -0.15) is 0 Å². The Morgan fingerprint density at radius 3 is 3.12 bits per heavy atom. The van der Waals surface area contributed by atoms with E-state index in [1.165, 1.54) is 6.08 Å². The summed E-state index contributed by atoms with van der Waals surface area (Å²) in [5, 5.41) is 13.2. The summed E-state index contributed by atoms with van der Waals surface area (Å²) in [7, 11) is 0. The van der Waals surface area contributed by atoms with Crippen LogP contribution < -0.4 is 5.32 Å². The van der Waals surface area contributed by atoms with Crippen LogP contribution in [0.4, 0.5) is 0 Å². The predicted octanol–water partition coefficient (Wildman–Crippen LogP) is 1.28. The normalized spacial score (nSPS) is 10.9. The van der Waals surface area contributed by atoms with Crippen LogP contribution in [-0.4, -0.2) is 37.4 Å². The topological polar surface area (TPSA) is 58.6 Å². The number of aliphatic hydroxyl groups excluding tert-OH is 1. The largest absolute Gasteiger partial charge is 0.394 e. The molecule has 0 aliphatic rings. The highest BCUT2D eigenvalue weighted by Crippen LogP contribution is 2.09. The SMILES string of the molecule is O=C(/C=C/c1cccs1)NCCCOCCO. The van der Waals surface area contributed by atoms with Crippen LogP contribution in [-0.2, 0) is 9.53 Å². The minimum atomic E-state index is -0.0967. The second-order valence-corrected chi connectivity index (χ2v) is 4.31. The van der Waals surface area contributed by atoms with Gasteiger partial charge in [-0.1, -0.05) is 6.07 Å². The number of nitrogens with one attached hydrogen (secondary N) is 1. The molecule has 17 heavy (non-hydrogen) atoms. The minimum absolute atomic E-state index is 0.0376. The summed E-state index contributed by atoms with van der Waals surface area (Å²) in [5.74, 6) is -0.0967. The van der Waals surface area contributed by atoms with Gasteiger partial charge in [0.1, 0.15) is 0 Å². The molecule has 0 aliphatic carbocycles. The van der Waals surface area contributed by atoms with Crippen molar-refractivity contribution in [3.05, 3.63) is 28.5 Å². The summed E-state index contributed by atoms with van der Waals surface area (Å²) in [6, 6.07) is 3.90. The Kier molecular flexibility index (Phi) is 7.29. The summed E-state index contributed by atoms with van der Waals surface area (Å²) >= 11 is 1.59. The first-order chi connectivity index (χ1) is 8.33. The molecule has 0 radical (unpaired) electrons. The van der Waals surface area contributed by atoms with Gasteiger partial charge in [-0.3, -0.25) is 4.79 Å². The molecule has 1 amide bonds. The Bertz CT molecular complexity index is 336. The number of thiophene rings is 1. The summed E-state index contributed by atoms with van der Waals surface area (Å²) in [5.41, 5.74) is 0. The molecule has 1 aromatic rings. The molecule has 0 aromatic carbocycles. The number of carbonyl (C=O) groups excluding carboxylic acids is 1. The number of amides is 1. The quantitative estimate of drug-likeness (QED) is 0.543. The molecule has 0 unspecified atom stereocenters. The molecule has 94 valence electrons. The fourth-order valence-corrected chi connectivity index (χ4v) is 1.77. The van der Waals surface area contributed by atoms with Gasteiger partial charge < -0.3 is 15.2 Å². The molecule has 0 aliphatic heterocycles. The summed E-state index contributed by atoms with van der Waals surface area (Å²) in [6.45, 7) is 1.52. The van der Waals surface area contributed by atoms with Crippen molar-refractivity contribution in [2.24, 2.45) is 0 Å². The van der Waals surface area contributed by atoms with E-state index in [-0.39, 0.29) is 12.5 Å². The van der Waals surface area contributed by atoms with E-state index in [1.54, 1.807) is 17.4 Å². The molecule has 1 heterocycles. The molecule has 5 heteroatoms. The summed E-state index contributed by atoms with van der Waals surface area (Å²) in [6.07, 6.45) is 4.07. The number of hydrogen-bond acceptors (Lipinski definition) is 4. The van der Waals surface area contributed by atoms with E-state index in [0.717, 1.165) is 11.3 Å². The van der Waals surface area contributed by atoms with Gasteiger partial charge in [-0.05, 0) is 23.9 Å². The van der Waals surface area contributed by atoms with Crippen LogP contribution in [0.5, 0.6) is 0 Å². The third-order valence-electron chi connectivity index (χ3n) is 1.94. The molecule has 4 nitrogen and oxygen atoms in total. The van der Waals surface area contributed by atoms with Crippen molar-refractivity contribution in [2.75, 3.05) is 26.4 Å². The Morgan fingerprint density at radius 2 is 2.41 bits per heavy atom. The standard InChI is InChI=1S/C12H17NO3S/c14-7-9-16-8-2-6-13-12(15)5-4-11-3-1-10-17-11/h1,3-5,10,14H,2,6-9H2,(H,13,15)/b5-4+. The average Bonchev–Trinajstić information content (AvgIpc) is 2.84. The molecule has 2 N–H and O–H groups in total. The number of carbonyl (C=O) groups is 1. The molecule has 0 bridgehead atoms. The number of rotatable bonds is 8. The van der Waals surface area contributed by atoms with E-state index < -0.39 is 0 Å². The zero-order valence-electron chi connectivity index (χ0n) is 9.59. The van der Waals surface area contributed by atoms with Crippen molar-refractivity contribution < 1.29 is 14.6 Å². The fraction of sp³-hybridized carbons (Fsp3) is 0.417. The number of aliphatic hydroxyl groups is 1. The molecule has 0 spiro atoms. The van der Waals surface area contributed by atoms with E-state index in [1.807, 2.05) is 17.5 Å². The van der Waals surface area contributed by atoms with Gasteiger partial charge in [0.05, 0.1) is 13.2 Å². The molecule has 1 rings (SSSR count). The molecule has 0 fully saturated rings. The smallest absolute Gasteiger partial charge is 0.244 e. The van der Waals surface area contributed by atoms with Crippen molar-refractivity contribution in [3.8, 4) is 0 Å².